The van der Waals surface area contributed by atoms with Crippen LogP contribution in [0.25, 0.3) is 6.08 Å². The Kier molecular flexibility index (Phi) is 8.30. The molecule has 3 saturated carbocycles. The summed E-state index contributed by atoms with van der Waals surface area (Å²) in [5.41, 5.74) is 2.96. The summed E-state index contributed by atoms with van der Waals surface area (Å²) in [6.45, 7) is 3.99. The van der Waals surface area contributed by atoms with E-state index in [0.717, 1.165) is 29.6 Å². The third kappa shape index (κ3) is 6.12. The highest BCUT2D eigenvalue weighted by Crippen LogP contribution is 2.39. The predicted molar refractivity (Wildman–Crippen MR) is 132 cm³/mol. The molecule has 1 aromatic rings. The van der Waals surface area contributed by atoms with Gasteiger partial charge >= 0.3 is 0 Å². The van der Waals surface area contributed by atoms with Crippen LogP contribution in [0.1, 0.15) is 113 Å². The molecule has 3 aliphatic carbocycles. The highest BCUT2D eigenvalue weighted by Gasteiger charge is 2.25. The molecule has 0 heterocycles. The Labute approximate surface area is 186 Å². The van der Waals surface area contributed by atoms with Crippen LogP contribution >= 0.6 is 0 Å². The Hall–Kier alpha value is -1.30. The smallest absolute Gasteiger partial charge is 0.0162 e. The van der Waals surface area contributed by atoms with Crippen LogP contribution in [0, 0.1) is 23.7 Å². The van der Waals surface area contributed by atoms with Gasteiger partial charge in [-0.05, 0) is 85.7 Å². The SMILES string of the molecule is C=CC1CCC(c2ccc(C=CC(CC3CCCCC3)C3CCCCC3)cc2)CC1. The van der Waals surface area contributed by atoms with Gasteiger partial charge in [0.05, 0.1) is 0 Å². The fourth-order valence-corrected chi connectivity index (χ4v) is 6.60. The third-order valence-corrected chi connectivity index (χ3v) is 8.63. The summed E-state index contributed by atoms with van der Waals surface area (Å²) in [6, 6.07) is 9.58. The molecule has 0 bridgehead atoms. The molecule has 0 radical (unpaired) electrons. The Morgan fingerprint density at radius 1 is 0.767 bits per heavy atom. The number of rotatable bonds is 7. The first kappa shape index (κ1) is 21.9. The third-order valence-electron chi connectivity index (χ3n) is 8.63. The van der Waals surface area contributed by atoms with Crippen LogP contribution in [0.15, 0.2) is 43.0 Å². The minimum absolute atomic E-state index is 0.754. The number of hydrogen-bond donors (Lipinski definition) is 0. The van der Waals surface area contributed by atoms with E-state index in [1.54, 1.807) is 5.56 Å². The van der Waals surface area contributed by atoms with Crippen LogP contribution in [-0.4, -0.2) is 0 Å². The molecule has 0 nitrogen and oxygen atoms in total. The van der Waals surface area contributed by atoms with E-state index >= 15 is 0 Å². The van der Waals surface area contributed by atoms with E-state index in [9.17, 15) is 0 Å². The minimum Gasteiger partial charge on any atom is -0.103 e. The second-order valence-electron chi connectivity index (χ2n) is 10.7. The van der Waals surface area contributed by atoms with E-state index < -0.39 is 0 Å². The van der Waals surface area contributed by atoms with Gasteiger partial charge in [-0.25, -0.2) is 0 Å². The summed E-state index contributed by atoms with van der Waals surface area (Å²) in [5, 5.41) is 0. The second kappa shape index (κ2) is 11.4. The van der Waals surface area contributed by atoms with E-state index in [-0.39, 0.29) is 0 Å². The predicted octanol–water partition coefficient (Wildman–Crippen LogP) is 9.33. The molecule has 1 atom stereocenters. The first-order valence-electron chi connectivity index (χ1n) is 13.2. The largest absolute Gasteiger partial charge is 0.103 e. The molecular formula is C30H44. The lowest BCUT2D eigenvalue weighted by molar-refractivity contribution is 0.224. The number of benzene rings is 1. The minimum atomic E-state index is 0.754. The molecule has 1 aromatic carbocycles. The molecule has 1 unspecified atom stereocenters. The van der Waals surface area contributed by atoms with Crippen LogP contribution in [0.4, 0.5) is 0 Å². The van der Waals surface area contributed by atoms with Crippen molar-refractivity contribution in [3.63, 3.8) is 0 Å². The Bertz CT molecular complexity index is 646. The van der Waals surface area contributed by atoms with Crippen molar-refractivity contribution >= 4 is 6.08 Å². The number of hydrogen-bond acceptors (Lipinski definition) is 0. The molecule has 0 N–H and O–H groups in total. The molecule has 0 saturated heterocycles. The molecule has 0 aromatic heterocycles. The van der Waals surface area contributed by atoms with Crippen LogP contribution in [0.5, 0.6) is 0 Å². The van der Waals surface area contributed by atoms with Crippen LogP contribution in [-0.2, 0) is 0 Å². The maximum absolute atomic E-state index is 3.99. The molecule has 0 heteroatoms. The normalized spacial score (nSPS) is 27.9. The van der Waals surface area contributed by atoms with Crippen molar-refractivity contribution in [2.24, 2.45) is 23.7 Å². The van der Waals surface area contributed by atoms with Crippen LogP contribution in [0.3, 0.4) is 0 Å². The fourth-order valence-electron chi connectivity index (χ4n) is 6.60. The zero-order valence-electron chi connectivity index (χ0n) is 19.2. The lowest BCUT2D eigenvalue weighted by Gasteiger charge is -2.32. The van der Waals surface area contributed by atoms with Crippen molar-refractivity contribution in [1.82, 2.24) is 0 Å². The first-order chi connectivity index (χ1) is 14.8. The quantitative estimate of drug-likeness (QED) is 0.397. The van der Waals surface area contributed by atoms with Gasteiger partial charge in [0.2, 0.25) is 0 Å². The van der Waals surface area contributed by atoms with Gasteiger partial charge in [0.25, 0.3) is 0 Å². The molecule has 0 spiro atoms. The lowest BCUT2D eigenvalue weighted by Crippen LogP contribution is -2.20. The summed E-state index contributed by atoms with van der Waals surface area (Å²) < 4.78 is 0. The molecule has 0 aliphatic heterocycles. The van der Waals surface area contributed by atoms with Gasteiger partial charge in [0.1, 0.15) is 0 Å². The average Bonchev–Trinajstić information content (AvgIpc) is 2.83. The van der Waals surface area contributed by atoms with Crippen molar-refractivity contribution in [3.8, 4) is 0 Å². The first-order valence-corrected chi connectivity index (χ1v) is 13.2. The van der Waals surface area contributed by atoms with Gasteiger partial charge in [0.15, 0.2) is 0 Å². The summed E-state index contributed by atoms with van der Waals surface area (Å²) in [4.78, 5) is 0. The Morgan fingerprint density at radius 2 is 1.40 bits per heavy atom. The van der Waals surface area contributed by atoms with E-state index in [1.165, 1.54) is 102 Å². The zero-order chi connectivity index (χ0) is 20.6. The molecule has 3 fully saturated rings. The zero-order valence-corrected chi connectivity index (χ0v) is 19.2. The van der Waals surface area contributed by atoms with Gasteiger partial charge in [-0.3, -0.25) is 0 Å². The number of allylic oxidation sites excluding steroid dienone is 2. The summed E-state index contributed by atoms with van der Waals surface area (Å²) in [7, 11) is 0. The van der Waals surface area contributed by atoms with Gasteiger partial charge in [0, 0.05) is 0 Å². The van der Waals surface area contributed by atoms with Gasteiger partial charge in [-0.15, -0.1) is 6.58 Å². The molecule has 30 heavy (non-hydrogen) atoms. The van der Waals surface area contributed by atoms with Gasteiger partial charge < -0.3 is 0 Å². The molecule has 4 rings (SSSR count). The van der Waals surface area contributed by atoms with Crippen molar-refractivity contribution < 1.29 is 0 Å². The summed E-state index contributed by atoms with van der Waals surface area (Å²) in [6.07, 6.45) is 28.7. The van der Waals surface area contributed by atoms with E-state index in [4.69, 9.17) is 0 Å². The monoisotopic (exact) mass is 404 g/mol. The molecule has 0 amide bonds. The van der Waals surface area contributed by atoms with Crippen LogP contribution in [0.2, 0.25) is 0 Å². The highest BCUT2D eigenvalue weighted by atomic mass is 14.3. The fraction of sp³-hybridized carbons (Fsp3) is 0.667. The summed E-state index contributed by atoms with van der Waals surface area (Å²) >= 11 is 0. The van der Waals surface area contributed by atoms with Crippen molar-refractivity contribution in [2.45, 2.75) is 102 Å². The van der Waals surface area contributed by atoms with Crippen molar-refractivity contribution in [1.29, 1.82) is 0 Å². The van der Waals surface area contributed by atoms with Crippen molar-refractivity contribution in [3.05, 3.63) is 54.1 Å². The molecule has 3 aliphatic rings. The maximum Gasteiger partial charge on any atom is -0.0162 e. The van der Waals surface area contributed by atoms with Crippen LogP contribution < -0.4 is 0 Å². The average molecular weight is 405 g/mol. The van der Waals surface area contributed by atoms with Gasteiger partial charge in [-0.2, -0.15) is 0 Å². The van der Waals surface area contributed by atoms with E-state index in [2.05, 4.69) is 49.1 Å². The standard InChI is InChI=1S/C30H44/c1-2-24-13-18-28(19-14-24)29-20-15-25(16-21-29)17-22-30(27-11-7-4-8-12-27)23-26-9-5-3-6-10-26/h2,15-17,20-22,24,26-28,30H,1,3-14,18-19,23H2. The van der Waals surface area contributed by atoms with Crippen molar-refractivity contribution in [2.75, 3.05) is 0 Å². The Morgan fingerprint density at radius 3 is 2.03 bits per heavy atom. The molecule has 164 valence electrons. The van der Waals surface area contributed by atoms with Gasteiger partial charge in [-0.1, -0.05) is 93.9 Å². The second-order valence-corrected chi connectivity index (χ2v) is 10.7. The topological polar surface area (TPSA) is 0 Å². The van der Waals surface area contributed by atoms with E-state index in [1.807, 2.05) is 0 Å². The Balaban J connectivity index is 1.37. The molecular weight excluding hydrogens is 360 g/mol. The highest BCUT2D eigenvalue weighted by molar-refractivity contribution is 5.50. The van der Waals surface area contributed by atoms with E-state index in [0.29, 0.717) is 0 Å². The lowest BCUT2D eigenvalue weighted by atomic mass is 9.73. The summed E-state index contributed by atoms with van der Waals surface area (Å²) in [5.74, 6) is 4.26. The maximum atomic E-state index is 3.99.